The standard InChI is InChI=1S/C23H26ClN5O2/c1-23(2,3)31-22(30)29-11-9-14(10-12-29)19-20(25-4)18(15-7-5-6-8-17(15)24)16-13-26-28-21(16)27-19/h5-8,13-14,18H,9-12H2,1-3H3,(H2,26,27,28). The number of carbonyl (C=O) groups excluding carboxylic acids is 1. The molecule has 2 aliphatic rings. The van der Waals surface area contributed by atoms with Crippen LogP contribution in [0.3, 0.4) is 0 Å². The topological polar surface area (TPSA) is 74.6 Å². The molecule has 1 unspecified atom stereocenters. The monoisotopic (exact) mass is 439 g/mol. The molecule has 1 saturated heterocycles. The summed E-state index contributed by atoms with van der Waals surface area (Å²) in [4.78, 5) is 18.1. The van der Waals surface area contributed by atoms with Crippen molar-refractivity contribution in [2.24, 2.45) is 5.92 Å². The highest BCUT2D eigenvalue weighted by atomic mass is 35.5. The van der Waals surface area contributed by atoms with Crippen molar-refractivity contribution in [3.63, 3.8) is 0 Å². The van der Waals surface area contributed by atoms with Crippen molar-refractivity contribution < 1.29 is 9.53 Å². The van der Waals surface area contributed by atoms with Crippen molar-refractivity contribution >= 4 is 23.5 Å². The zero-order valence-electron chi connectivity index (χ0n) is 17.9. The van der Waals surface area contributed by atoms with Crippen LogP contribution in [0.5, 0.6) is 0 Å². The Kier molecular flexibility index (Phi) is 5.67. The second-order valence-corrected chi connectivity index (χ2v) is 9.34. The van der Waals surface area contributed by atoms with Crippen LogP contribution in [0.2, 0.25) is 5.02 Å². The molecule has 0 aliphatic carbocycles. The molecule has 0 saturated carbocycles. The van der Waals surface area contributed by atoms with E-state index >= 15 is 0 Å². The van der Waals surface area contributed by atoms with Crippen molar-refractivity contribution in [2.45, 2.75) is 45.1 Å². The van der Waals surface area contributed by atoms with Gasteiger partial charge in [-0.2, -0.15) is 5.10 Å². The molecule has 1 aromatic carbocycles. The molecule has 1 amide bonds. The average molecular weight is 440 g/mol. The van der Waals surface area contributed by atoms with Gasteiger partial charge >= 0.3 is 6.09 Å². The number of piperidine rings is 1. The fraction of sp³-hybridized carbons (Fsp3) is 0.435. The van der Waals surface area contributed by atoms with Gasteiger partial charge in [0.1, 0.15) is 11.4 Å². The number of carbonyl (C=O) groups is 1. The van der Waals surface area contributed by atoms with Crippen LogP contribution in [-0.4, -0.2) is 39.9 Å². The Bertz CT molecular complexity index is 1050. The summed E-state index contributed by atoms with van der Waals surface area (Å²) in [5.74, 6) is 0.645. The fourth-order valence-corrected chi connectivity index (χ4v) is 4.50. The molecule has 0 bridgehead atoms. The van der Waals surface area contributed by atoms with Gasteiger partial charge in [0.15, 0.2) is 5.70 Å². The molecule has 8 heteroatoms. The van der Waals surface area contributed by atoms with Gasteiger partial charge in [0, 0.05) is 29.4 Å². The molecule has 2 N–H and O–H groups in total. The Morgan fingerprint density at radius 3 is 2.61 bits per heavy atom. The molecule has 3 heterocycles. The van der Waals surface area contributed by atoms with Gasteiger partial charge < -0.3 is 15.0 Å². The number of nitrogens with one attached hydrogen (secondary N) is 2. The van der Waals surface area contributed by atoms with Crippen LogP contribution >= 0.6 is 11.6 Å². The maximum atomic E-state index is 12.4. The van der Waals surface area contributed by atoms with Gasteiger partial charge in [-0.15, -0.1) is 0 Å². The van der Waals surface area contributed by atoms with E-state index in [4.69, 9.17) is 22.9 Å². The van der Waals surface area contributed by atoms with Gasteiger partial charge in [0.25, 0.3) is 0 Å². The number of hydrogen-bond acceptors (Lipinski definition) is 4. The summed E-state index contributed by atoms with van der Waals surface area (Å²) in [6, 6.07) is 7.63. The third-order valence-electron chi connectivity index (χ3n) is 5.68. The molecule has 0 radical (unpaired) electrons. The molecular weight excluding hydrogens is 414 g/mol. The number of fused-ring (bicyclic) bond motifs is 1. The first kappa shape index (κ1) is 21.3. The highest BCUT2D eigenvalue weighted by molar-refractivity contribution is 6.31. The van der Waals surface area contributed by atoms with Crippen LogP contribution in [-0.2, 0) is 4.74 Å². The summed E-state index contributed by atoms with van der Waals surface area (Å²) < 4.78 is 5.51. The third-order valence-corrected chi connectivity index (χ3v) is 6.02. The van der Waals surface area contributed by atoms with Gasteiger partial charge in [0.2, 0.25) is 0 Å². The second-order valence-electron chi connectivity index (χ2n) is 8.93. The van der Waals surface area contributed by atoms with Gasteiger partial charge in [-0.05, 0) is 51.2 Å². The van der Waals surface area contributed by atoms with E-state index < -0.39 is 5.60 Å². The number of ether oxygens (including phenoxy) is 1. The quantitative estimate of drug-likeness (QED) is 0.614. The number of H-pyrrole nitrogens is 1. The van der Waals surface area contributed by atoms with E-state index in [2.05, 4.69) is 20.4 Å². The third kappa shape index (κ3) is 4.26. The van der Waals surface area contributed by atoms with Crippen molar-refractivity contribution in [2.75, 3.05) is 18.4 Å². The zero-order chi connectivity index (χ0) is 22.2. The summed E-state index contributed by atoms with van der Waals surface area (Å²) >= 11 is 6.52. The number of anilines is 1. The molecule has 7 nitrogen and oxygen atoms in total. The number of hydrogen-bond donors (Lipinski definition) is 2. The molecule has 1 atom stereocenters. The second kappa shape index (κ2) is 8.27. The number of aromatic amines is 1. The minimum absolute atomic E-state index is 0.129. The smallest absolute Gasteiger partial charge is 0.410 e. The lowest BCUT2D eigenvalue weighted by Gasteiger charge is -2.37. The van der Waals surface area contributed by atoms with Crippen LogP contribution in [0.4, 0.5) is 10.6 Å². The lowest BCUT2D eigenvalue weighted by Crippen LogP contribution is -2.42. The number of amides is 1. The maximum Gasteiger partial charge on any atom is 0.410 e. The number of benzene rings is 1. The first-order valence-corrected chi connectivity index (χ1v) is 10.8. The zero-order valence-corrected chi connectivity index (χ0v) is 18.7. The average Bonchev–Trinajstić information content (AvgIpc) is 3.20. The molecule has 31 heavy (non-hydrogen) atoms. The summed E-state index contributed by atoms with van der Waals surface area (Å²) in [5.41, 5.74) is 2.81. The molecule has 4 rings (SSSR count). The van der Waals surface area contributed by atoms with E-state index in [1.165, 1.54) is 0 Å². The van der Waals surface area contributed by atoms with Crippen LogP contribution in [0.15, 0.2) is 41.9 Å². The summed E-state index contributed by atoms with van der Waals surface area (Å²) in [7, 11) is 0. The highest BCUT2D eigenvalue weighted by Gasteiger charge is 2.37. The van der Waals surface area contributed by atoms with Crippen molar-refractivity contribution in [3.05, 3.63) is 69.4 Å². The van der Waals surface area contributed by atoms with Crippen molar-refractivity contribution in [3.8, 4) is 0 Å². The molecule has 2 aromatic rings. The molecule has 1 fully saturated rings. The maximum absolute atomic E-state index is 12.4. The lowest BCUT2D eigenvalue weighted by molar-refractivity contribution is 0.0194. The Hall–Kier alpha value is -2.98. The summed E-state index contributed by atoms with van der Waals surface area (Å²) in [6.45, 7) is 14.7. The Labute approximate surface area is 187 Å². The lowest BCUT2D eigenvalue weighted by atomic mass is 9.82. The Morgan fingerprint density at radius 1 is 1.26 bits per heavy atom. The number of likely N-dealkylation sites (tertiary alicyclic amines) is 1. The predicted octanol–water partition coefficient (Wildman–Crippen LogP) is 5.40. The van der Waals surface area contributed by atoms with E-state index in [9.17, 15) is 4.79 Å². The van der Waals surface area contributed by atoms with E-state index in [1.54, 1.807) is 11.1 Å². The minimum atomic E-state index is -0.516. The van der Waals surface area contributed by atoms with E-state index in [1.807, 2.05) is 45.0 Å². The molecular formula is C23H26ClN5O2. The van der Waals surface area contributed by atoms with Crippen molar-refractivity contribution in [1.82, 2.24) is 15.1 Å². The van der Waals surface area contributed by atoms with E-state index in [0.717, 1.165) is 35.5 Å². The number of allylic oxidation sites excluding steroid dienone is 2. The van der Waals surface area contributed by atoms with Gasteiger partial charge in [-0.25, -0.2) is 9.64 Å². The predicted molar refractivity (Wildman–Crippen MR) is 120 cm³/mol. The summed E-state index contributed by atoms with van der Waals surface area (Å²) in [6.07, 6.45) is 2.97. The van der Waals surface area contributed by atoms with Crippen LogP contribution in [0, 0.1) is 12.5 Å². The number of rotatable bonds is 2. The van der Waals surface area contributed by atoms with E-state index in [0.29, 0.717) is 23.8 Å². The van der Waals surface area contributed by atoms with Crippen LogP contribution < -0.4 is 5.32 Å². The van der Waals surface area contributed by atoms with Gasteiger partial charge in [-0.1, -0.05) is 29.8 Å². The number of nitrogens with zero attached hydrogens (tertiary/aromatic N) is 3. The molecule has 1 aromatic heterocycles. The molecule has 2 aliphatic heterocycles. The van der Waals surface area contributed by atoms with Crippen molar-refractivity contribution in [1.29, 1.82) is 0 Å². The fourth-order valence-electron chi connectivity index (χ4n) is 4.25. The largest absolute Gasteiger partial charge is 0.444 e. The minimum Gasteiger partial charge on any atom is -0.444 e. The van der Waals surface area contributed by atoms with Crippen LogP contribution in [0.25, 0.3) is 4.85 Å². The van der Waals surface area contributed by atoms with Gasteiger partial charge in [0.05, 0.1) is 18.7 Å². The number of halogens is 1. The van der Waals surface area contributed by atoms with Crippen LogP contribution in [0.1, 0.15) is 50.7 Å². The highest BCUT2D eigenvalue weighted by Crippen LogP contribution is 2.46. The molecule has 0 spiro atoms. The Morgan fingerprint density at radius 2 is 1.97 bits per heavy atom. The number of aromatic nitrogens is 2. The molecule has 162 valence electrons. The first-order valence-electron chi connectivity index (χ1n) is 10.4. The summed E-state index contributed by atoms with van der Waals surface area (Å²) in [5, 5.41) is 11.3. The SMILES string of the molecule is [C-]#[N+]C1=C(C2CCN(C(=O)OC(C)(C)C)CC2)Nc2[nH]ncc2C1c1ccccc1Cl. The normalized spacial score (nSPS) is 19.5. The van der Waals surface area contributed by atoms with Gasteiger partial charge in [-0.3, -0.25) is 5.10 Å². The van der Waals surface area contributed by atoms with E-state index in [-0.39, 0.29) is 17.9 Å². The first-order chi connectivity index (χ1) is 14.8. The Balaban J connectivity index is 1.62.